The molecule has 0 aliphatic heterocycles. The minimum absolute atomic E-state index is 0.0541. The first-order valence-corrected chi connectivity index (χ1v) is 6.56. The van der Waals surface area contributed by atoms with Gasteiger partial charge in [-0.05, 0) is 29.8 Å². The second-order valence-electron chi connectivity index (χ2n) is 4.64. The number of anilines is 2. The van der Waals surface area contributed by atoms with Gasteiger partial charge in [-0.2, -0.15) is 0 Å². The van der Waals surface area contributed by atoms with E-state index in [2.05, 4.69) is 5.32 Å². The Labute approximate surface area is 123 Å². The molecule has 5 heteroatoms. The minimum Gasteiger partial charge on any atom is -0.495 e. The van der Waals surface area contributed by atoms with Crippen molar-refractivity contribution in [3.63, 3.8) is 0 Å². The largest absolute Gasteiger partial charge is 0.495 e. The number of amides is 1. The number of rotatable bonds is 5. The molecule has 0 aliphatic rings. The molecular formula is C16H18N2O3. The summed E-state index contributed by atoms with van der Waals surface area (Å²) >= 11 is 0. The van der Waals surface area contributed by atoms with Gasteiger partial charge in [-0.3, -0.25) is 4.79 Å². The van der Waals surface area contributed by atoms with Gasteiger partial charge in [0.15, 0.2) is 0 Å². The Bertz CT molecular complexity index is 628. The molecule has 2 rings (SSSR count). The highest BCUT2D eigenvalue weighted by Gasteiger charge is 2.14. The van der Waals surface area contributed by atoms with Crippen LogP contribution in [0.5, 0.6) is 5.75 Å². The van der Waals surface area contributed by atoms with Gasteiger partial charge in [0.1, 0.15) is 5.75 Å². The lowest BCUT2D eigenvalue weighted by Gasteiger charge is -2.13. The van der Waals surface area contributed by atoms with E-state index >= 15 is 0 Å². The lowest BCUT2D eigenvalue weighted by Crippen LogP contribution is -2.16. The smallest absolute Gasteiger partial charge is 0.227 e. The highest BCUT2D eigenvalue weighted by atomic mass is 16.5. The number of carbonyl (C=O) groups is 1. The van der Waals surface area contributed by atoms with Crippen molar-refractivity contribution in [3.8, 4) is 5.75 Å². The predicted molar refractivity (Wildman–Crippen MR) is 82.1 cm³/mol. The van der Waals surface area contributed by atoms with Gasteiger partial charge in [-0.1, -0.05) is 24.3 Å². The quantitative estimate of drug-likeness (QED) is 0.737. The summed E-state index contributed by atoms with van der Waals surface area (Å²) in [6.45, 7) is 0. The molecule has 0 unspecified atom stereocenters. The molecule has 0 aliphatic carbocycles. The number of carbonyl (C=O) groups excluding carboxylic acids is 1. The standard InChI is InChI=1S/C16H18N2O3/c1-21-15-8-3-2-7-13(15)18-16(20)10-14(19)11-5-4-6-12(17)9-11/h2-9,14,19H,10,17H2,1H3,(H,18,20)/t14-/m0/s1. The van der Waals surface area contributed by atoms with Crippen LogP contribution in [0.3, 0.4) is 0 Å². The minimum atomic E-state index is -0.900. The summed E-state index contributed by atoms with van der Waals surface area (Å²) in [5.41, 5.74) is 7.40. The zero-order valence-electron chi connectivity index (χ0n) is 11.7. The number of para-hydroxylation sites is 2. The van der Waals surface area contributed by atoms with Crippen LogP contribution in [0.25, 0.3) is 0 Å². The molecule has 1 atom stereocenters. The molecule has 110 valence electrons. The van der Waals surface area contributed by atoms with Crippen LogP contribution in [0.15, 0.2) is 48.5 Å². The van der Waals surface area contributed by atoms with Crippen LogP contribution in [0.2, 0.25) is 0 Å². The van der Waals surface area contributed by atoms with E-state index in [0.717, 1.165) is 0 Å². The van der Waals surface area contributed by atoms with Crippen molar-refractivity contribution in [3.05, 3.63) is 54.1 Å². The number of hydrogen-bond donors (Lipinski definition) is 3. The highest BCUT2D eigenvalue weighted by Crippen LogP contribution is 2.24. The number of aliphatic hydroxyl groups is 1. The van der Waals surface area contributed by atoms with Gasteiger partial charge in [0, 0.05) is 5.69 Å². The molecule has 4 N–H and O–H groups in total. The van der Waals surface area contributed by atoms with E-state index in [1.807, 2.05) is 6.07 Å². The summed E-state index contributed by atoms with van der Waals surface area (Å²) in [6.07, 6.45) is -0.954. The van der Waals surface area contributed by atoms with Crippen molar-refractivity contribution >= 4 is 17.3 Å². The third-order valence-corrected chi connectivity index (χ3v) is 3.06. The van der Waals surface area contributed by atoms with Crippen LogP contribution in [-0.2, 0) is 4.79 Å². The molecule has 1 amide bonds. The van der Waals surface area contributed by atoms with Gasteiger partial charge in [-0.15, -0.1) is 0 Å². The summed E-state index contributed by atoms with van der Waals surface area (Å²) in [5, 5.41) is 12.8. The van der Waals surface area contributed by atoms with Crippen molar-refractivity contribution in [1.29, 1.82) is 0 Å². The summed E-state index contributed by atoms with van der Waals surface area (Å²) in [5.74, 6) is 0.277. The van der Waals surface area contributed by atoms with E-state index in [0.29, 0.717) is 22.7 Å². The van der Waals surface area contributed by atoms with Crippen LogP contribution in [-0.4, -0.2) is 18.1 Å². The van der Waals surface area contributed by atoms with Crippen molar-refractivity contribution in [2.45, 2.75) is 12.5 Å². The predicted octanol–water partition coefficient (Wildman–Crippen LogP) is 2.34. The molecule has 0 heterocycles. The van der Waals surface area contributed by atoms with E-state index in [4.69, 9.17) is 10.5 Å². The van der Waals surface area contributed by atoms with Crippen LogP contribution in [0.1, 0.15) is 18.1 Å². The van der Waals surface area contributed by atoms with E-state index in [-0.39, 0.29) is 12.3 Å². The number of benzene rings is 2. The third-order valence-electron chi connectivity index (χ3n) is 3.06. The van der Waals surface area contributed by atoms with Crippen molar-refractivity contribution in [2.24, 2.45) is 0 Å². The average Bonchev–Trinajstić information content (AvgIpc) is 2.47. The van der Waals surface area contributed by atoms with Crippen LogP contribution in [0, 0.1) is 0 Å². The maximum Gasteiger partial charge on any atom is 0.227 e. The Morgan fingerprint density at radius 1 is 1.29 bits per heavy atom. The fourth-order valence-corrected chi connectivity index (χ4v) is 2.01. The summed E-state index contributed by atoms with van der Waals surface area (Å²) in [4.78, 5) is 12.0. The Morgan fingerprint density at radius 2 is 2.05 bits per heavy atom. The topological polar surface area (TPSA) is 84.6 Å². The Hall–Kier alpha value is -2.53. The molecule has 0 saturated carbocycles. The molecule has 21 heavy (non-hydrogen) atoms. The average molecular weight is 286 g/mol. The second-order valence-corrected chi connectivity index (χ2v) is 4.64. The lowest BCUT2D eigenvalue weighted by molar-refractivity contribution is -0.118. The first-order chi connectivity index (χ1) is 10.1. The first-order valence-electron chi connectivity index (χ1n) is 6.56. The molecule has 0 spiro atoms. The molecule has 5 nitrogen and oxygen atoms in total. The van der Waals surface area contributed by atoms with E-state index in [1.54, 1.807) is 42.5 Å². The van der Waals surface area contributed by atoms with Gasteiger partial charge in [0.05, 0.1) is 25.3 Å². The summed E-state index contributed by atoms with van der Waals surface area (Å²) in [6, 6.07) is 14.0. The van der Waals surface area contributed by atoms with Gasteiger partial charge in [0.25, 0.3) is 0 Å². The van der Waals surface area contributed by atoms with Gasteiger partial charge in [0.2, 0.25) is 5.91 Å². The molecular weight excluding hydrogens is 268 g/mol. The zero-order chi connectivity index (χ0) is 15.2. The molecule has 0 radical (unpaired) electrons. The van der Waals surface area contributed by atoms with Gasteiger partial charge < -0.3 is 20.9 Å². The SMILES string of the molecule is COc1ccccc1NC(=O)C[C@H](O)c1cccc(N)c1. The number of ether oxygens (including phenoxy) is 1. The maximum absolute atomic E-state index is 12.0. The van der Waals surface area contributed by atoms with Crippen molar-refractivity contribution in [1.82, 2.24) is 0 Å². The Kier molecular flexibility index (Phi) is 4.79. The fourth-order valence-electron chi connectivity index (χ4n) is 2.01. The number of nitrogen functional groups attached to an aromatic ring is 1. The molecule has 2 aromatic carbocycles. The number of nitrogens with two attached hydrogens (primary N) is 1. The van der Waals surface area contributed by atoms with Crippen LogP contribution in [0.4, 0.5) is 11.4 Å². The van der Waals surface area contributed by atoms with E-state index < -0.39 is 6.10 Å². The third kappa shape index (κ3) is 3.97. The lowest BCUT2D eigenvalue weighted by atomic mass is 10.1. The Balaban J connectivity index is 2.01. The van der Waals surface area contributed by atoms with E-state index in [1.165, 1.54) is 7.11 Å². The number of methoxy groups -OCH3 is 1. The van der Waals surface area contributed by atoms with Gasteiger partial charge in [-0.25, -0.2) is 0 Å². The van der Waals surface area contributed by atoms with Crippen LogP contribution >= 0.6 is 0 Å². The normalized spacial score (nSPS) is 11.7. The van der Waals surface area contributed by atoms with Crippen molar-refractivity contribution in [2.75, 3.05) is 18.2 Å². The number of hydrogen-bond acceptors (Lipinski definition) is 4. The highest BCUT2D eigenvalue weighted by molar-refractivity contribution is 5.92. The summed E-state index contributed by atoms with van der Waals surface area (Å²) < 4.78 is 5.16. The first kappa shape index (κ1) is 14.9. The van der Waals surface area contributed by atoms with Crippen LogP contribution < -0.4 is 15.8 Å². The molecule has 0 bridgehead atoms. The van der Waals surface area contributed by atoms with Crippen molar-refractivity contribution < 1.29 is 14.6 Å². The summed E-state index contributed by atoms with van der Waals surface area (Å²) in [7, 11) is 1.53. The molecule has 0 fully saturated rings. The van der Waals surface area contributed by atoms with Gasteiger partial charge >= 0.3 is 0 Å². The molecule has 2 aromatic rings. The maximum atomic E-state index is 12.0. The number of aliphatic hydroxyl groups excluding tert-OH is 1. The molecule has 0 aromatic heterocycles. The zero-order valence-corrected chi connectivity index (χ0v) is 11.7. The number of nitrogens with one attached hydrogen (secondary N) is 1. The Morgan fingerprint density at radius 3 is 2.76 bits per heavy atom. The second kappa shape index (κ2) is 6.76. The molecule has 0 saturated heterocycles. The van der Waals surface area contributed by atoms with E-state index in [9.17, 15) is 9.90 Å². The fraction of sp³-hybridized carbons (Fsp3) is 0.188. The monoisotopic (exact) mass is 286 g/mol.